The summed E-state index contributed by atoms with van der Waals surface area (Å²) < 4.78 is 21.1. The molecule has 2 aromatic heterocycles. The number of amides is 1. The number of carbonyl (C=O) groups is 1. The standard InChI is InChI=1S/C26H21FN4O2/c1-16-7-9-17(10-8-16)25-20-14-28-22-12-11-18(33-2)13-19(22)26(20)31(30-25)15-24(32)29-23-6-4-3-5-21(23)27/h3-14H,15H2,1-2H3,(H,29,32). The zero-order valence-corrected chi connectivity index (χ0v) is 18.2. The summed E-state index contributed by atoms with van der Waals surface area (Å²) in [7, 11) is 1.60. The molecule has 5 rings (SSSR count). The van der Waals surface area contributed by atoms with Crippen LogP contribution in [0, 0.1) is 12.7 Å². The van der Waals surface area contributed by atoms with Crippen LogP contribution in [0.1, 0.15) is 5.56 Å². The lowest BCUT2D eigenvalue weighted by Crippen LogP contribution is -2.20. The molecule has 1 amide bonds. The number of methoxy groups -OCH3 is 1. The van der Waals surface area contributed by atoms with Crippen LogP contribution in [0.2, 0.25) is 0 Å². The van der Waals surface area contributed by atoms with E-state index in [0.717, 1.165) is 38.6 Å². The van der Waals surface area contributed by atoms with Crippen LogP contribution in [0.4, 0.5) is 10.1 Å². The van der Waals surface area contributed by atoms with Crippen molar-refractivity contribution < 1.29 is 13.9 Å². The van der Waals surface area contributed by atoms with E-state index in [1.807, 2.05) is 49.4 Å². The molecule has 0 radical (unpaired) electrons. The molecule has 2 heterocycles. The van der Waals surface area contributed by atoms with Gasteiger partial charge in [-0.2, -0.15) is 5.10 Å². The van der Waals surface area contributed by atoms with Gasteiger partial charge in [0.1, 0.15) is 23.8 Å². The number of nitrogens with one attached hydrogen (secondary N) is 1. The molecule has 0 aliphatic rings. The third-order valence-corrected chi connectivity index (χ3v) is 5.55. The molecule has 3 aromatic carbocycles. The van der Waals surface area contributed by atoms with E-state index in [-0.39, 0.29) is 18.1 Å². The van der Waals surface area contributed by atoms with Crippen LogP contribution in [0.15, 0.2) is 72.9 Å². The lowest BCUT2D eigenvalue weighted by molar-refractivity contribution is -0.116. The largest absolute Gasteiger partial charge is 0.497 e. The highest BCUT2D eigenvalue weighted by Gasteiger charge is 2.18. The lowest BCUT2D eigenvalue weighted by Gasteiger charge is -2.09. The summed E-state index contributed by atoms with van der Waals surface area (Å²) in [6.45, 7) is 1.93. The molecular formula is C26H21FN4O2. The maximum absolute atomic E-state index is 14.0. The van der Waals surface area contributed by atoms with E-state index >= 15 is 0 Å². The Morgan fingerprint density at radius 1 is 1.06 bits per heavy atom. The second-order valence-corrected chi connectivity index (χ2v) is 7.80. The number of ether oxygens (including phenoxy) is 1. The molecule has 164 valence electrons. The molecule has 0 fully saturated rings. The van der Waals surface area contributed by atoms with E-state index in [2.05, 4.69) is 10.3 Å². The molecule has 0 bridgehead atoms. The van der Waals surface area contributed by atoms with Crippen LogP contribution in [0.3, 0.4) is 0 Å². The summed E-state index contributed by atoms with van der Waals surface area (Å²) in [5.74, 6) is -0.194. The first-order valence-corrected chi connectivity index (χ1v) is 10.5. The SMILES string of the molecule is COc1ccc2ncc3c(-c4ccc(C)cc4)nn(CC(=O)Nc4ccccc4F)c3c2c1. The van der Waals surface area contributed by atoms with Crippen molar-refractivity contribution in [1.29, 1.82) is 0 Å². The predicted octanol–water partition coefficient (Wildman–Crippen LogP) is 5.35. The Hall–Kier alpha value is -4.26. The minimum absolute atomic E-state index is 0.0903. The summed E-state index contributed by atoms with van der Waals surface area (Å²) in [6.07, 6.45) is 1.78. The smallest absolute Gasteiger partial charge is 0.246 e. The molecule has 33 heavy (non-hydrogen) atoms. The second kappa shape index (κ2) is 8.35. The second-order valence-electron chi connectivity index (χ2n) is 7.80. The number of rotatable bonds is 5. The predicted molar refractivity (Wildman–Crippen MR) is 127 cm³/mol. The Bertz CT molecular complexity index is 1490. The molecule has 0 aliphatic heterocycles. The van der Waals surface area contributed by atoms with Gasteiger partial charge in [-0.3, -0.25) is 14.5 Å². The third kappa shape index (κ3) is 3.89. The summed E-state index contributed by atoms with van der Waals surface area (Å²) in [5, 5.41) is 9.05. The van der Waals surface area contributed by atoms with Gasteiger partial charge in [0, 0.05) is 22.5 Å². The number of aryl methyl sites for hydroxylation is 1. The number of para-hydroxylation sites is 1. The van der Waals surface area contributed by atoms with Crippen molar-refractivity contribution in [2.24, 2.45) is 0 Å². The van der Waals surface area contributed by atoms with Crippen LogP contribution in [-0.2, 0) is 11.3 Å². The van der Waals surface area contributed by atoms with Crippen LogP contribution in [0.5, 0.6) is 5.75 Å². The molecule has 0 spiro atoms. The van der Waals surface area contributed by atoms with Crippen molar-refractivity contribution >= 4 is 33.4 Å². The average Bonchev–Trinajstić information content (AvgIpc) is 3.19. The molecule has 0 unspecified atom stereocenters. The van der Waals surface area contributed by atoms with Crippen molar-refractivity contribution in [1.82, 2.24) is 14.8 Å². The Balaban J connectivity index is 1.65. The van der Waals surface area contributed by atoms with Gasteiger partial charge in [0.05, 0.1) is 23.8 Å². The number of fused-ring (bicyclic) bond motifs is 3. The van der Waals surface area contributed by atoms with E-state index in [1.54, 1.807) is 30.1 Å². The van der Waals surface area contributed by atoms with Gasteiger partial charge < -0.3 is 10.1 Å². The Morgan fingerprint density at radius 2 is 1.85 bits per heavy atom. The van der Waals surface area contributed by atoms with Gasteiger partial charge in [-0.25, -0.2) is 4.39 Å². The van der Waals surface area contributed by atoms with Gasteiger partial charge >= 0.3 is 0 Å². The summed E-state index contributed by atoms with van der Waals surface area (Å²) in [4.78, 5) is 17.4. The zero-order chi connectivity index (χ0) is 22.9. The minimum atomic E-state index is -0.490. The number of carbonyl (C=O) groups excluding carboxylic acids is 1. The maximum atomic E-state index is 14.0. The van der Waals surface area contributed by atoms with E-state index in [1.165, 1.54) is 12.1 Å². The highest BCUT2D eigenvalue weighted by Crippen LogP contribution is 2.33. The molecule has 0 saturated carbocycles. The van der Waals surface area contributed by atoms with Crippen LogP contribution >= 0.6 is 0 Å². The summed E-state index contributed by atoms with van der Waals surface area (Å²) >= 11 is 0. The molecule has 5 aromatic rings. The average molecular weight is 440 g/mol. The third-order valence-electron chi connectivity index (χ3n) is 5.55. The molecule has 0 atom stereocenters. The molecule has 7 heteroatoms. The van der Waals surface area contributed by atoms with Gasteiger partial charge in [-0.05, 0) is 37.3 Å². The molecular weight excluding hydrogens is 419 g/mol. The molecule has 6 nitrogen and oxygen atoms in total. The Labute approximate surface area is 189 Å². The van der Waals surface area contributed by atoms with Crippen molar-refractivity contribution in [3.05, 3.63) is 84.3 Å². The van der Waals surface area contributed by atoms with Gasteiger partial charge in [-0.15, -0.1) is 0 Å². The van der Waals surface area contributed by atoms with Gasteiger partial charge in [0.2, 0.25) is 5.91 Å². The van der Waals surface area contributed by atoms with Crippen molar-refractivity contribution in [3.63, 3.8) is 0 Å². The number of pyridine rings is 1. The number of hydrogen-bond donors (Lipinski definition) is 1. The Kier molecular flexibility index (Phi) is 5.22. The number of nitrogens with zero attached hydrogens (tertiary/aromatic N) is 3. The van der Waals surface area contributed by atoms with Crippen molar-refractivity contribution in [2.45, 2.75) is 13.5 Å². The number of hydrogen-bond acceptors (Lipinski definition) is 4. The number of halogens is 1. The van der Waals surface area contributed by atoms with Gasteiger partial charge in [0.25, 0.3) is 0 Å². The number of anilines is 1. The van der Waals surface area contributed by atoms with Crippen LogP contribution in [0.25, 0.3) is 33.1 Å². The van der Waals surface area contributed by atoms with Crippen molar-refractivity contribution in [2.75, 3.05) is 12.4 Å². The van der Waals surface area contributed by atoms with E-state index in [9.17, 15) is 9.18 Å². The van der Waals surface area contributed by atoms with Crippen molar-refractivity contribution in [3.8, 4) is 17.0 Å². The highest BCUT2D eigenvalue weighted by molar-refractivity contribution is 6.09. The quantitative estimate of drug-likeness (QED) is 0.400. The van der Waals surface area contributed by atoms with Gasteiger partial charge in [-0.1, -0.05) is 42.0 Å². The maximum Gasteiger partial charge on any atom is 0.246 e. The first kappa shape index (κ1) is 20.6. The van der Waals surface area contributed by atoms with E-state index in [4.69, 9.17) is 9.84 Å². The fourth-order valence-electron chi connectivity index (χ4n) is 3.89. The summed E-state index contributed by atoms with van der Waals surface area (Å²) in [6, 6.07) is 19.7. The fraction of sp³-hybridized carbons (Fsp3) is 0.115. The Morgan fingerprint density at radius 3 is 2.61 bits per heavy atom. The number of aromatic nitrogens is 3. The molecule has 1 N–H and O–H groups in total. The fourth-order valence-corrected chi connectivity index (χ4v) is 3.89. The highest BCUT2D eigenvalue weighted by atomic mass is 19.1. The topological polar surface area (TPSA) is 69.0 Å². The molecule has 0 aliphatic carbocycles. The van der Waals surface area contributed by atoms with E-state index < -0.39 is 5.82 Å². The van der Waals surface area contributed by atoms with Crippen LogP contribution in [-0.4, -0.2) is 27.8 Å². The van der Waals surface area contributed by atoms with Gasteiger partial charge in [0.15, 0.2) is 0 Å². The molecule has 0 saturated heterocycles. The zero-order valence-electron chi connectivity index (χ0n) is 18.2. The normalized spacial score (nSPS) is 11.1. The summed E-state index contributed by atoms with van der Waals surface area (Å²) in [5.41, 5.74) is 4.43. The van der Waals surface area contributed by atoms with E-state index in [0.29, 0.717) is 5.75 Å². The first-order valence-electron chi connectivity index (χ1n) is 10.5. The minimum Gasteiger partial charge on any atom is -0.497 e. The number of benzene rings is 3. The monoisotopic (exact) mass is 440 g/mol. The van der Waals surface area contributed by atoms with Crippen LogP contribution < -0.4 is 10.1 Å². The lowest BCUT2D eigenvalue weighted by atomic mass is 10.1. The first-order chi connectivity index (χ1) is 16.0.